The zero-order valence-corrected chi connectivity index (χ0v) is 12.5. The monoisotopic (exact) mass is 315 g/mol. The van der Waals surface area contributed by atoms with E-state index in [0.717, 1.165) is 29.1 Å². The van der Waals surface area contributed by atoms with Crippen LogP contribution in [0.3, 0.4) is 0 Å². The van der Waals surface area contributed by atoms with Crippen molar-refractivity contribution in [3.8, 4) is 0 Å². The number of nitrogens with zero attached hydrogens (tertiary/aromatic N) is 2. The molecule has 1 saturated carbocycles. The van der Waals surface area contributed by atoms with Crippen molar-refractivity contribution in [3.05, 3.63) is 16.4 Å². The topological polar surface area (TPSA) is 53.1 Å². The average molecular weight is 316 g/mol. The Kier molecular flexibility index (Phi) is 5.21. The molecule has 1 fully saturated rings. The molecule has 1 atom stereocenters. The predicted octanol–water partition coefficient (Wildman–Crippen LogP) is 2.87. The van der Waals surface area contributed by atoms with Crippen molar-refractivity contribution in [1.82, 2.24) is 9.78 Å². The number of hydrogen-bond donors (Lipinski definition) is 1. The highest BCUT2D eigenvalue weighted by Gasteiger charge is 2.22. The van der Waals surface area contributed by atoms with Gasteiger partial charge in [-0.15, -0.1) is 0 Å². The molecule has 0 bridgehead atoms. The van der Waals surface area contributed by atoms with E-state index in [-0.39, 0.29) is 6.04 Å². The van der Waals surface area contributed by atoms with Crippen LogP contribution in [0.2, 0.25) is 0 Å². The summed E-state index contributed by atoms with van der Waals surface area (Å²) in [5.41, 5.74) is 7.47. The van der Waals surface area contributed by atoms with E-state index in [0.29, 0.717) is 6.61 Å². The molecule has 1 heterocycles. The maximum Gasteiger partial charge on any atom is 0.0694 e. The van der Waals surface area contributed by atoms with E-state index in [4.69, 9.17) is 10.5 Å². The number of nitrogens with two attached hydrogens (primary N) is 1. The van der Waals surface area contributed by atoms with E-state index in [1.165, 1.54) is 25.7 Å². The molecule has 4 nitrogen and oxygen atoms in total. The molecule has 1 aromatic heterocycles. The van der Waals surface area contributed by atoms with Crippen LogP contribution in [0.5, 0.6) is 0 Å². The molecule has 1 unspecified atom stereocenters. The van der Waals surface area contributed by atoms with E-state index in [2.05, 4.69) is 21.0 Å². The Bertz CT molecular complexity index is 374. The van der Waals surface area contributed by atoms with Gasteiger partial charge in [-0.2, -0.15) is 5.10 Å². The van der Waals surface area contributed by atoms with Crippen molar-refractivity contribution < 1.29 is 4.74 Å². The fraction of sp³-hybridized carbons (Fsp3) is 0.769. The summed E-state index contributed by atoms with van der Waals surface area (Å²) in [5.74, 6) is 0.790. The number of hydrogen-bond acceptors (Lipinski definition) is 3. The van der Waals surface area contributed by atoms with Crippen LogP contribution < -0.4 is 5.73 Å². The first kappa shape index (κ1) is 14.0. The number of rotatable bonds is 6. The number of halogens is 1. The molecule has 102 valence electrons. The Balaban J connectivity index is 2.02. The predicted molar refractivity (Wildman–Crippen MR) is 75.3 cm³/mol. The fourth-order valence-corrected chi connectivity index (χ4v) is 3.40. The minimum absolute atomic E-state index is 0.0711. The largest absolute Gasteiger partial charge is 0.383 e. The first-order valence-corrected chi connectivity index (χ1v) is 7.47. The molecule has 0 saturated heterocycles. The molecule has 1 aliphatic carbocycles. The van der Waals surface area contributed by atoms with Crippen LogP contribution >= 0.6 is 15.9 Å². The summed E-state index contributed by atoms with van der Waals surface area (Å²) < 4.78 is 8.09. The lowest BCUT2D eigenvalue weighted by Gasteiger charge is -2.18. The van der Waals surface area contributed by atoms with Crippen LogP contribution in [0.1, 0.15) is 43.8 Å². The summed E-state index contributed by atoms with van der Waals surface area (Å²) in [7, 11) is 1.71. The smallest absolute Gasteiger partial charge is 0.0694 e. The second kappa shape index (κ2) is 6.68. The molecular weight excluding hydrogens is 294 g/mol. The summed E-state index contributed by atoms with van der Waals surface area (Å²) in [6.07, 6.45) is 8.29. The van der Waals surface area contributed by atoms with Gasteiger partial charge in [0.05, 0.1) is 29.5 Å². The van der Waals surface area contributed by atoms with Crippen LogP contribution in [-0.2, 0) is 11.3 Å². The van der Waals surface area contributed by atoms with Gasteiger partial charge in [0.1, 0.15) is 0 Å². The molecule has 2 rings (SSSR count). The van der Waals surface area contributed by atoms with E-state index in [9.17, 15) is 0 Å². The normalized spacial score (nSPS) is 18.4. The lowest BCUT2D eigenvalue weighted by atomic mass is 9.97. The molecule has 0 radical (unpaired) electrons. The molecule has 0 aliphatic heterocycles. The fourth-order valence-electron chi connectivity index (χ4n) is 2.81. The van der Waals surface area contributed by atoms with Gasteiger partial charge in [-0.1, -0.05) is 25.7 Å². The van der Waals surface area contributed by atoms with Crippen LogP contribution in [0.4, 0.5) is 0 Å². The number of aromatic nitrogens is 2. The maximum absolute atomic E-state index is 6.36. The highest BCUT2D eigenvalue weighted by atomic mass is 79.9. The van der Waals surface area contributed by atoms with E-state index >= 15 is 0 Å². The third-order valence-electron chi connectivity index (χ3n) is 3.75. The molecule has 2 N–H and O–H groups in total. The zero-order valence-electron chi connectivity index (χ0n) is 10.9. The van der Waals surface area contributed by atoms with Gasteiger partial charge in [0.15, 0.2) is 0 Å². The highest BCUT2D eigenvalue weighted by molar-refractivity contribution is 9.10. The van der Waals surface area contributed by atoms with Crippen LogP contribution in [0.25, 0.3) is 0 Å². The van der Waals surface area contributed by atoms with Crippen LogP contribution in [-0.4, -0.2) is 23.5 Å². The van der Waals surface area contributed by atoms with Gasteiger partial charge in [0, 0.05) is 13.2 Å². The van der Waals surface area contributed by atoms with Crippen molar-refractivity contribution in [2.24, 2.45) is 11.7 Å². The van der Waals surface area contributed by atoms with Gasteiger partial charge < -0.3 is 10.5 Å². The number of ether oxygens (including phenoxy) is 1. The molecule has 1 aromatic rings. The Labute approximate surface area is 117 Å². The summed E-state index contributed by atoms with van der Waals surface area (Å²) in [6.45, 7) is 1.42. The van der Waals surface area contributed by atoms with Gasteiger partial charge in [-0.25, -0.2) is 0 Å². The first-order valence-electron chi connectivity index (χ1n) is 6.68. The lowest BCUT2D eigenvalue weighted by molar-refractivity contribution is 0.181. The summed E-state index contributed by atoms with van der Waals surface area (Å²) in [5, 5.41) is 4.36. The first-order chi connectivity index (χ1) is 8.72. The maximum atomic E-state index is 6.36. The quantitative estimate of drug-likeness (QED) is 0.878. The minimum Gasteiger partial charge on any atom is -0.383 e. The van der Waals surface area contributed by atoms with Gasteiger partial charge >= 0.3 is 0 Å². The summed E-state index contributed by atoms with van der Waals surface area (Å²) in [6, 6.07) is 0.0711. The van der Waals surface area contributed by atoms with E-state index in [1.807, 2.05) is 10.9 Å². The Morgan fingerprint density at radius 2 is 2.28 bits per heavy atom. The molecule has 0 spiro atoms. The highest BCUT2D eigenvalue weighted by Crippen LogP contribution is 2.33. The van der Waals surface area contributed by atoms with Gasteiger partial charge in [0.25, 0.3) is 0 Å². The Morgan fingerprint density at radius 3 is 2.94 bits per heavy atom. The third-order valence-corrected chi connectivity index (χ3v) is 4.36. The Morgan fingerprint density at radius 1 is 1.56 bits per heavy atom. The van der Waals surface area contributed by atoms with Crippen molar-refractivity contribution in [2.45, 2.75) is 44.7 Å². The number of methoxy groups -OCH3 is 1. The van der Waals surface area contributed by atoms with Crippen molar-refractivity contribution in [3.63, 3.8) is 0 Å². The Hall–Kier alpha value is -0.390. The minimum atomic E-state index is 0.0711. The van der Waals surface area contributed by atoms with Gasteiger partial charge in [-0.3, -0.25) is 4.68 Å². The lowest BCUT2D eigenvalue weighted by Crippen LogP contribution is -2.20. The zero-order chi connectivity index (χ0) is 13.0. The molecule has 0 aromatic carbocycles. The van der Waals surface area contributed by atoms with Crippen molar-refractivity contribution >= 4 is 15.9 Å². The molecular formula is C13H22BrN3O. The van der Waals surface area contributed by atoms with E-state index < -0.39 is 0 Å². The SMILES string of the molecule is COCCn1ncc(Br)c1C(N)CC1CCCC1. The van der Waals surface area contributed by atoms with Crippen LogP contribution in [0.15, 0.2) is 10.7 Å². The van der Waals surface area contributed by atoms with Crippen LogP contribution in [0, 0.1) is 5.92 Å². The van der Waals surface area contributed by atoms with E-state index in [1.54, 1.807) is 7.11 Å². The van der Waals surface area contributed by atoms with Crippen molar-refractivity contribution in [2.75, 3.05) is 13.7 Å². The molecule has 5 heteroatoms. The average Bonchev–Trinajstić information content (AvgIpc) is 2.96. The second-order valence-corrected chi connectivity index (χ2v) is 5.94. The molecule has 18 heavy (non-hydrogen) atoms. The van der Waals surface area contributed by atoms with Crippen molar-refractivity contribution in [1.29, 1.82) is 0 Å². The third kappa shape index (κ3) is 3.33. The van der Waals surface area contributed by atoms with Gasteiger partial charge in [0.2, 0.25) is 0 Å². The second-order valence-electron chi connectivity index (χ2n) is 5.09. The molecule has 1 aliphatic rings. The molecule has 0 amide bonds. The van der Waals surface area contributed by atoms with Gasteiger partial charge in [-0.05, 0) is 28.3 Å². The summed E-state index contributed by atoms with van der Waals surface area (Å²) in [4.78, 5) is 0. The summed E-state index contributed by atoms with van der Waals surface area (Å²) >= 11 is 3.55. The standard InChI is InChI=1S/C13H22BrN3O/c1-18-7-6-17-13(11(14)9-16-17)12(15)8-10-4-2-3-5-10/h9-10,12H,2-8,15H2,1H3.